The van der Waals surface area contributed by atoms with Crippen LogP contribution < -0.4 is 14.8 Å². The van der Waals surface area contributed by atoms with Crippen LogP contribution >= 0.6 is 11.6 Å². The van der Waals surface area contributed by atoms with Gasteiger partial charge in [-0.05, 0) is 32.0 Å². The minimum absolute atomic E-state index is 0.167. The zero-order valence-electron chi connectivity index (χ0n) is 10.7. The van der Waals surface area contributed by atoms with Gasteiger partial charge < -0.3 is 14.8 Å². The Morgan fingerprint density at radius 2 is 1.89 bits per heavy atom. The smallest absolute Gasteiger partial charge is 0.251 e. The molecule has 0 heterocycles. The van der Waals surface area contributed by atoms with E-state index in [0.717, 1.165) is 0 Å². The van der Waals surface area contributed by atoms with E-state index in [1.165, 1.54) is 0 Å². The van der Waals surface area contributed by atoms with Crippen LogP contribution in [0, 0.1) is 0 Å². The molecule has 0 aliphatic carbocycles. The van der Waals surface area contributed by atoms with E-state index >= 15 is 0 Å². The summed E-state index contributed by atoms with van der Waals surface area (Å²) < 4.78 is 10.9. The van der Waals surface area contributed by atoms with Gasteiger partial charge in [0.2, 0.25) is 0 Å². The Balaban J connectivity index is 2.87. The summed E-state index contributed by atoms with van der Waals surface area (Å²) >= 11 is 5.52. The van der Waals surface area contributed by atoms with Crippen LogP contribution in [0.15, 0.2) is 18.2 Å². The van der Waals surface area contributed by atoms with Gasteiger partial charge in [0.1, 0.15) is 0 Å². The molecule has 0 spiro atoms. The van der Waals surface area contributed by atoms with Crippen molar-refractivity contribution in [1.82, 2.24) is 5.32 Å². The lowest BCUT2D eigenvalue weighted by Crippen LogP contribution is -2.25. The van der Waals surface area contributed by atoms with Gasteiger partial charge in [0.15, 0.2) is 11.5 Å². The summed E-state index contributed by atoms with van der Waals surface area (Å²) in [5.74, 6) is 1.45. The van der Waals surface area contributed by atoms with E-state index in [2.05, 4.69) is 5.32 Å². The first-order valence-electron chi connectivity index (χ1n) is 5.96. The summed E-state index contributed by atoms with van der Waals surface area (Å²) in [5, 5.41) is 2.70. The Labute approximate surface area is 112 Å². The lowest BCUT2D eigenvalue weighted by Gasteiger charge is -2.12. The van der Waals surface area contributed by atoms with E-state index in [9.17, 15) is 4.79 Å². The maximum absolute atomic E-state index is 11.8. The predicted molar refractivity (Wildman–Crippen MR) is 71.8 cm³/mol. The molecule has 1 rings (SSSR count). The number of amides is 1. The largest absolute Gasteiger partial charge is 0.490 e. The van der Waals surface area contributed by atoms with E-state index in [4.69, 9.17) is 21.1 Å². The molecule has 5 heteroatoms. The van der Waals surface area contributed by atoms with Crippen molar-refractivity contribution in [1.29, 1.82) is 0 Å². The van der Waals surface area contributed by atoms with Gasteiger partial charge >= 0.3 is 0 Å². The minimum Gasteiger partial charge on any atom is -0.490 e. The molecular weight excluding hydrogens is 254 g/mol. The number of hydrogen-bond acceptors (Lipinski definition) is 3. The molecule has 1 aromatic carbocycles. The third-order valence-electron chi connectivity index (χ3n) is 2.19. The number of carbonyl (C=O) groups is 1. The number of hydrogen-bond donors (Lipinski definition) is 1. The molecule has 0 atom stereocenters. The average molecular weight is 272 g/mol. The van der Waals surface area contributed by atoms with Crippen molar-refractivity contribution in [3.05, 3.63) is 23.8 Å². The van der Waals surface area contributed by atoms with E-state index in [1.807, 2.05) is 13.8 Å². The van der Waals surface area contributed by atoms with Crippen LogP contribution in [0.2, 0.25) is 0 Å². The molecule has 0 saturated carbocycles. The topological polar surface area (TPSA) is 47.6 Å². The van der Waals surface area contributed by atoms with Gasteiger partial charge in [-0.1, -0.05) is 0 Å². The molecule has 0 unspecified atom stereocenters. The minimum atomic E-state index is -0.167. The Morgan fingerprint density at radius 1 is 1.22 bits per heavy atom. The summed E-state index contributed by atoms with van der Waals surface area (Å²) in [5.41, 5.74) is 0.534. The van der Waals surface area contributed by atoms with Gasteiger partial charge in [-0.15, -0.1) is 11.6 Å². The number of carbonyl (C=O) groups excluding carboxylic acids is 1. The van der Waals surface area contributed by atoms with E-state index < -0.39 is 0 Å². The summed E-state index contributed by atoms with van der Waals surface area (Å²) in [7, 11) is 0. The predicted octanol–water partition coefficient (Wildman–Crippen LogP) is 2.45. The first-order valence-corrected chi connectivity index (χ1v) is 6.50. The number of halogens is 1. The number of nitrogens with one attached hydrogen (secondary N) is 1. The highest BCUT2D eigenvalue weighted by molar-refractivity contribution is 6.18. The van der Waals surface area contributed by atoms with Crippen LogP contribution in [-0.2, 0) is 0 Å². The Hall–Kier alpha value is -1.42. The van der Waals surface area contributed by atoms with Crippen LogP contribution in [-0.4, -0.2) is 31.5 Å². The molecule has 4 nitrogen and oxygen atoms in total. The molecule has 100 valence electrons. The third kappa shape index (κ3) is 4.11. The van der Waals surface area contributed by atoms with Crippen LogP contribution in [0.1, 0.15) is 24.2 Å². The van der Waals surface area contributed by atoms with E-state index in [-0.39, 0.29) is 5.91 Å². The van der Waals surface area contributed by atoms with Crippen molar-refractivity contribution in [2.75, 3.05) is 25.6 Å². The normalized spacial score (nSPS) is 9.94. The Kier molecular flexibility index (Phi) is 6.36. The van der Waals surface area contributed by atoms with Crippen molar-refractivity contribution in [3.8, 4) is 11.5 Å². The highest BCUT2D eigenvalue weighted by Gasteiger charge is 2.10. The van der Waals surface area contributed by atoms with Crippen molar-refractivity contribution >= 4 is 17.5 Å². The lowest BCUT2D eigenvalue weighted by molar-refractivity contribution is 0.0955. The zero-order valence-corrected chi connectivity index (χ0v) is 11.4. The monoisotopic (exact) mass is 271 g/mol. The van der Waals surface area contributed by atoms with Crippen LogP contribution in [0.4, 0.5) is 0 Å². The molecule has 0 aliphatic rings. The lowest BCUT2D eigenvalue weighted by atomic mass is 10.2. The second kappa shape index (κ2) is 7.82. The summed E-state index contributed by atoms with van der Waals surface area (Å²) in [6.07, 6.45) is 0. The Bertz CT molecular complexity index is 396. The van der Waals surface area contributed by atoms with Crippen LogP contribution in [0.3, 0.4) is 0 Å². The first kappa shape index (κ1) is 14.6. The van der Waals surface area contributed by atoms with Gasteiger partial charge in [0.05, 0.1) is 13.2 Å². The summed E-state index contributed by atoms with van der Waals surface area (Å²) in [4.78, 5) is 11.8. The van der Waals surface area contributed by atoms with Gasteiger partial charge in [-0.3, -0.25) is 4.79 Å². The maximum Gasteiger partial charge on any atom is 0.251 e. The Morgan fingerprint density at radius 3 is 2.50 bits per heavy atom. The molecule has 0 bridgehead atoms. The standard InChI is InChI=1S/C13H18ClNO3/c1-3-17-11-6-5-10(9-12(11)18-4-2)13(16)15-8-7-14/h5-6,9H,3-4,7-8H2,1-2H3,(H,15,16). The fraction of sp³-hybridized carbons (Fsp3) is 0.462. The third-order valence-corrected chi connectivity index (χ3v) is 2.37. The molecule has 18 heavy (non-hydrogen) atoms. The van der Waals surface area contributed by atoms with Crippen molar-refractivity contribution in [2.45, 2.75) is 13.8 Å². The number of benzene rings is 1. The first-order chi connectivity index (χ1) is 8.72. The van der Waals surface area contributed by atoms with E-state index in [0.29, 0.717) is 42.7 Å². The fourth-order valence-corrected chi connectivity index (χ4v) is 1.55. The van der Waals surface area contributed by atoms with Crippen LogP contribution in [0.5, 0.6) is 11.5 Å². The fourth-order valence-electron chi connectivity index (χ4n) is 1.46. The van der Waals surface area contributed by atoms with Gasteiger partial charge in [-0.25, -0.2) is 0 Å². The number of ether oxygens (including phenoxy) is 2. The van der Waals surface area contributed by atoms with Crippen molar-refractivity contribution in [2.24, 2.45) is 0 Å². The second-order valence-corrected chi connectivity index (χ2v) is 3.85. The molecular formula is C13H18ClNO3. The highest BCUT2D eigenvalue weighted by atomic mass is 35.5. The van der Waals surface area contributed by atoms with Crippen molar-refractivity contribution in [3.63, 3.8) is 0 Å². The maximum atomic E-state index is 11.8. The number of rotatable bonds is 7. The molecule has 0 fully saturated rings. The number of alkyl halides is 1. The van der Waals surface area contributed by atoms with Gasteiger partial charge in [-0.2, -0.15) is 0 Å². The highest BCUT2D eigenvalue weighted by Crippen LogP contribution is 2.28. The molecule has 0 aromatic heterocycles. The molecule has 1 aromatic rings. The second-order valence-electron chi connectivity index (χ2n) is 3.47. The molecule has 0 aliphatic heterocycles. The molecule has 0 radical (unpaired) electrons. The molecule has 1 amide bonds. The molecule has 1 N–H and O–H groups in total. The van der Waals surface area contributed by atoms with Gasteiger partial charge in [0.25, 0.3) is 5.91 Å². The summed E-state index contributed by atoms with van der Waals surface area (Å²) in [6, 6.07) is 5.12. The zero-order chi connectivity index (χ0) is 13.4. The quantitative estimate of drug-likeness (QED) is 0.775. The van der Waals surface area contributed by atoms with Crippen LogP contribution in [0.25, 0.3) is 0 Å². The average Bonchev–Trinajstić information content (AvgIpc) is 2.38. The molecule has 0 saturated heterocycles. The van der Waals surface area contributed by atoms with E-state index in [1.54, 1.807) is 18.2 Å². The van der Waals surface area contributed by atoms with Gasteiger partial charge in [0, 0.05) is 18.0 Å². The summed E-state index contributed by atoms with van der Waals surface area (Å²) in [6.45, 7) is 5.30. The van der Waals surface area contributed by atoms with Crippen molar-refractivity contribution < 1.29 is 14.3 Å². The SMILES string of the molecule is CCOc1ccc(C(=O)NCCCl)cc1OCC.